The summed E-state index contributed by atoms with van der Waals surface area (Å²) in [6, 6.07) is 8.18. The number of hydrogen-bond acceptors (Lipinski definition) is 1. The van der Waals surface area contributed by atoms with Crippen molar-refractivity contribution >= 4 is 5.70 Å². The molecule has 80 valence electrons. The van der Waals surface area contributed by atoms with Gasteiger partial charge in [0.25, 0.3) is 0 Å². The van der Waals surface area contributed by atoms with Crippen LogP contribution in [-0.2, 0) is 0 Å². The van der Waals surface area contributed by atoms with E-state index < -0.39 is 0 Å². The maximum Gasteiger partial charge on any atom is 0.0392 e. The Morgan fingerprint density at radius 1 is 1.33 bits per heavy atom. The predicted molar refractivity (Wildman–Crippen MR) is 67.4 cm³/mol. The topological polar surface area (TPSA) is 26.0 Å². The zero-order valence-corrected chi connectivity index (χ0v) is 9.75. The first-order valence-electron chi connectivity index (χ1n) is 5.35. The van der Waals surface area contributed by atoms with Gasteiger partial charge in [-0.1, -0.05) is 42.8 Å². The van der Waals surface area contributed by atoms with E-state index in [4.69, 9.17) is 5.73 Å². The molecular weight excluding hydrogens is 182 g/mol. The van der Waals surface area contributed by atoms with Gasteiger partial charge in [-0.05, 0) is 31.9 Å². The molecule has 0 bridgehead atoms. The van der Waals surface area contributed by atoms with Crippen molar-refractivity contribution in [2.45, 2.75) is 27.2 Å². The first-order chi connectivity index (χ1) is 7.15. The second kappa shape index (κ2) is 5.40. The standard InChI is InChI=1S/C14H19N/c1-4-7-11(2)10-14(15)13-9-6-5-8-12(13)3/h5-10H,4,15H2,1-3H3/b11-7-,14-10-. The van der Waals surface area contributed by atoms with E-state index in [1.54, 1.807) is 0 Å². The largest absolute Gasteiger partial charge is 0.398 e. The molecule has 0 aliphatic heterocycles. The van der Waals surface area contributed by atoms with Crippen LogP contribution in [0.5, 0.6) is 0 Å². The van der Waals surface area contributed by atoms with Crippen molar-refractivity contribution in [3.63, 3.8) is 0 Å². The Morgan fingerprint density at radius 3 is 2.60 bits per heavy atom. The van der Waals surface area contributed by atoms with Crippen molar-refractivity contribution in [1.29, 1.82) is 0 Å². The van der Waals surface area contributed by atoms with Crippen LogP contribution in [0.3, 0.4) is 0 Å². The van der Waals surface area contributed by atoms with E-state index >= 15 is 0 Å². The molecule has 1 aromatic carbocycles. The molecule has 2 N–H and O–H groups in total. The van der Waals surface area contributed by atoms with Crippen molar-refractivity contribution in [2.24, 2.45) is 5.73 Å². The summed E-state index contributed by atoms with van der Waals surface area (Å²) in [6.07, 6.45) is 5.25. The Balaban J connectivity index is 2.99. The van der Waals surface area contributed by atoms with Crippen LogP contribution in [0, 0.1) is 6.92 Å². The Labute approximate surface area is 92.3 Å². The third-order valence-corrected chi connectivity index (χ3v) is 2.37. The Bertz CT molecular complexity index is 386. The molecular formula is C14H19N. The molecule has 0 fully saturated rings. The second-order valence-electron chi connectivity index (χ2n) is 3.77. The van der Waals surface area contributed by atoms with Gasteiger partial charge in [-0.2, -0.15) is 0 Å². The molecule has 0 atom stereocenters. The zero-order valence-electron chi connectivity index (χ0n) is 9.75. The third-order valence-electron chi connectivity index (χ3n) is 2.37. The average molecular weight is 201 g/mol. The highest BCUT2D eigenvalue weighted by Gasteiger charge is 1.99. The number of aryl methyl sites for hydroxylation is 1. The minimum atomic E-state index is 0.843. The lowest BCUT2D eigenvalue weighted by Gasteiger charge is -2.05. The van der Waals surface area contributed by atoms with Gasteiger partial charge in [-0.25, -0.2) is 0 Å². The van der Waals surface area contributed by atoms with Crippen molar-refractivity contribution in [3.05, 3.63) is 53.1 Å². The molecule has 0 aromatic heterocycles. The van der Waals surface area contributed by atoms with E-state index in [0.717, 1.165) is 17.7 Å². The smallest absolute Gasteiger partial charge is 0.0392 e. The number of rotatable bonds is 3. The summed E-state index contributed by atoms with van der Waals surface area (Å²) in [6.45, 7) is 6.28. The number of nitrogens with two attached hydrogens (primary N) is 1. The summed E-state index contributed by atoms with van der Waals surface area (Å²) in [4.78, 5) is 0. The third kappa shape index (κ3) is 3.28. The molecule has 0 unspecified atom stereocenters. The minimum absolute atomic E-state index is 0.843. The van der Waals surface area contributed by atoms with E-state index in [0.29, 0.717) is 0 Å². The maximum absolute atomic E-state index is 6.05. The molecule has 1 rings (SSSR count). The van der Waals surface area contributed by atoms with Gasteiger partial charge in [0, 0.05) is 11.3 Å². The van der Waals surface area contributed by atoms with E-state index in [1.807, 2.05) is 18.2 Å². The van der Waals surface area contributed by atoms with Crippen LogP contribution < -0.4 is 5.73 Å². The highest BCUT2D eigenvalue weighted by molar-refractivity contribution is 5.67. The van der Waals surface area contributed by atoms with Crippen molar-refractivity contribution in [3.8, 4) is 0 Å². The lowest BCUT2D eigenvalue weighted by Crippen LogP contribution is -1.98. The molecule has 0 saturated carbocycles. The van der Waals surface area contributed by atoms with Crippen LogP contribution >= 0.6 is 0 Å². The predicted octanol–water partition coefficient (Wildman–Crippen LogP) is 3.65. The van der Waals surface area contributed by atoms with E-state index in [9.17, 15) is 0 Å². The molecule has 0 aliphatic carbocycles. The molecule has 1 nitrogen and oxygen atoms in total. The Kier molecular flexibility index (Phi) is 4.17. The summed E-state index contributed by atoms with van der Waals surface area (Å²) in [7, 11) is 0. The molecule has 0 amide bonds. The molecule has 0 radical (unpaired) electrons. The minimum Gasteiger partial charge on any atom is -0.398 e. The zero-order chi connectivity index (χ0) is 11.3. The summed E-state index contributed by atoms with van der Waals surface area (Å²) in [5.41, 5.74) is 10.5. The van der Waals surface area contributed by atoms with Gasteiger partial charge in [0.05, 0.1) is 0 Å². The maximum atomic E-state index is 6.05. The molecule has 0 spiro atoms. The fourth-order valence-corrected chi connectivity index (χ4v) is 1.60. The SMILES string of the molecule is CC/C=C(C)\C=C(/N)c1ccccc1C. The Morgan fingerprint density at radius 2 is 2.00 bits per heavy atom. The van der Waals surface area contributed by atoms with Gasteiger partial charge >= 0.3 is 0 Å². The lowest BCUT2D eigenvalue weighted by molar-refractivity contribution is 1.20. The molecule has 0 heterocycles. The van der Waals surface area contributed by atoms with E-state index in [2.05, 4.69) is 39.0 Å². The molecule has 15 heavy (non-hydrogen) atoms. The number of allylic oxidation sites excluding steroid dienone is 3. The summed E-state index contributed by atoms with van der Waals surface area (Å²) < 4.78 is 0. The van der Waals surface area contributed by atoms with Crippen LogP contribution in [0.4, 0.5) is 0 Å². The van der Waals surface area contributed by atoms with Crippen LogP contribution in [0.15, 0.2) is 42.0 Å². The highest BCUT2D eigenvalue weighted by atomic mass is 14.6. The van der Waals surface area contributed by atoms with Gasteiger partial charge in [0.15, 0.2) is 0 Å². The quantitative estimate of drug-likeness (QED) is 0.742. The molecule has 1 heteroatoms. The summed E-state index contributed by atoms with van der Waals surface area (Å²) >= 11 is 0. The lowest BCUT2D eigenvalue weighted by atomic mass is 10.0. The van der Waals surface area contributed by atoms with Crippen molar-refractivity contribution in [1.82, 2.24) is 0 Å². The van der Waals surface area contributed by atoms with E-state index in [-0.39, 0.29) is 0 Å². The van der Waals surface area contributed by atoms with Gasteiger partial charge in [0.1, 0.15) is 0 Å². The van der Waals surface area contributed by atoms with Crippen LogP contribution in [0.1, 0.15) is 31.4 Å². The number of benzene rings is 1. The number of hydrogen-bond donors (Lipinski definition) is 1. The van der Waals surface area contributed by atoms with Gasteiger partial charge < -0.3 is 5.73 Å². The normalized spacial score (nSPS) is 13.0. The second-order valence-corrected chi connectivity index (χ2v) is 3.77. The first-order valence-corrected chi connectivity index (χ1v) is 5.35. The van der Waals surface area contributed by atoms with E-state index in [1.165, 1.54) is 11.1 Å². The molecule has 0 saturated heterocycles. The molecule has 0 aliphatic rings. The fraction of sp³-hybridized carbons (Fsp3) is 0.286. The average Bonchev–Trinajstić information content (AvgIpc) is 2.18. The van der Waals surface area contributed by atoms with Gasteiger partial charge in [0.2, 0.25) is 0 Å². The van der Waals surface area contributed by atoms with Gasteiger partial charge in [-0.15, -0.1) is 0 Å². The van der Waals surface area contributed by atoms with Crippen LogP contribution in [0.25, 0.3) is 5.70 Å². The van der Waals surface area contributed by atoms with Crippen LogP contribution in [0.2, 0.25) is 0 Å². The Hall–Kier alpha value is -1.50. The molecule has 1 aromatic rings. The van der Waals surface area contributed by atoms with Crippen molar-refractivity contribution < 1.29 is 0 Å². The first kappa shape index (κ1) is 11.6. The summed E-state index contributed by atoms with van der Waals surface area (Å²) in [5, 5.41) is 0. The highest BCUT2D eigenvalue weighted by Crippen LogP contribution is 2.15. The van der Waals surface area contributed by atoms with Gasteiger partial charge in [-0.3, -0.25) is 0 Å². The fourth-order valence-electron chi connectivity index (χ4n) is 1.60. The monoisotopic (exact) mass is 201 g/mol. The summed E-state index contributed by atoms with van der Waals surface area (Å²) in [5.74, 6) is 0. The van der Waals surface area contributed by atoms with Crippen molar-refractivity contribution in [2.75, 3.05) is 0 Å². The van der Waals surface area contributed by atoms with Crippen LogP contribution in [-0.4, -0.2) is 0 Å².